The second-order valence-corrected chi connectivity index (χ2v) is 4.10. The van der Waals surface area contributed by atoms with E-state index in [1.54, 1.807) is 6.07 Å². The van der Waals surface area contributed by atoms with Gasteiger partial charge in [0.2, 0.25) is 0 Å². The summed E-state index contributed by atoms with van der Waals surface area (Å²) in [6.07, 6.45) is 0. The van der Waals surface area contributed by atoms with Crippen LogP contribution in [0.5, 0.6) is 0 Å². The van der Waals surface area contributed by atoms with E-state index in [0.717, 1.165) is 12.1 Å². The molecule has 0 aliphatic heterocycles. The van der Waals surface area contributed by atoms with E-state index < -0.39 is 16.6 Å². The summed E-state index contributed by atoms with van der Waals surface area (Å²) in [6.45, 7) is 0.113. The summed E-state index contributed by atoms with van der Waals surface area (Å²) in [5, 5.41) is 13.7. The van der Waals surface area contributed by atoms with E-state index in [1.165, 1.54) is 18.2 Å². The molecule has 0 aliphatic carbocycles. The minimum atomic E-state index is -0.966. The Morgan fingerprint density at radius 1 is 1.20 bits per heavy atom. The van der Waals surface area contributed by atoms with Crippen LogP contribution in [-0.2, 0) is 6.54 Å². The average Bonchev–Trinajstić information content (AvgIpc) is 2.39. The van der Waals surface area contributed by atoms with Crippen LogP contribution in [0.4, 0.5) is 25.8 Å². The number of hydrogen-bond acceptors (Lipinski definition) is 4. The van der Waals surface area contributed by atoms with Crippen molar-refractivity contribution >= 4 is 17.1 Å². The summed E-state index contributed by atoms with van der Waals surface area (Å²) in [7, 11) is 0. The molecule has 0 bridgehead atoms. The van der Waals surface area contributed by atoms with Gasteiger partial charge in [0, 0.05) is 6.54 Å². The number of benzene rings is 2. The molecule has 0 radical (unpaired) electrons. The maximum Gasteiger partial charge on any atom is 0.314 e. The Labute approximate surface area is 113 Å². The van der Waals surface area contributed by atoms with E-state index in [0.29, 0.717) is 5.56 Å². The molecule has 5 nitrogen and oxygen atoms in total. The zero-order valence-electron chi connectivity index (χ0n) is 10.3. The molecule has 2 aromatic rings. The summed E-state index contributed by atoms with van der Waals surface area (Å²) >= 11 is 0. The maximum atomic E-state index is 13.0. The number of anilines is 2. The fourth-order valence-electron chi connectivity index (χ4n) is 1.75. The van der Waals surface area contributed by atoms with E-state index >= 15 is 0 Å². The topological polar surface area (TPSA) is 81.2 Å². The highest BCUT2D eigenvalue weighted by Gasteiger charge is 2.17. The molecule has 0 aliphatic rings. The van der Waals surface area contributed by atoms with Gasteiger partial charge in [-0.25, -0.2) is 8.78 Å². The first-order chi connectivity index (χ1) is 9.49. The van der Waals surface area contributed by atoms with Gasteiger partial charge in [0.25, 0.3) is 0 Å². The monoisotopic (exact) mass is 279 g/mol. The fourth-order valence-corrected chi connectivity index (χ4v) is 1.75. The Hall–Kier alpha value is -2.70. The molecule has 0 fully saturated rings. The highest BCUT2D eigenvalue weighted by atomic mass is 19.2. The van der Waals surface area contributed by atoms with E-state index in [-0.39, 0.29) is 23.6 Å². The molecule has 0 unspecified atom stereocenters. The largest absolute Gasteiger partial charge is 0.393 e. The maximum absolute atomic E-state index is 13.0. The number of para-hydroxylation sites is 1. The summed E-state index contributed by atoms with van der Waals surface area (Å²) in [6, 6.07) is 7.90. The van der Waals surface area contributed by atoms with E-state index in [1.807, 2.05) is 0 Å². The second-order valence-electron chi connectivity index (χ2n) is 4.10. The predicted molar refractivity (Wildman–Crippen MR) is 71.2 cm³/mol. The van der Waals surface area contributed by atoms with Crippen molar-refractivity contribution in [2.24, 2.45) is 0 Å². The number of nitro groups is 1. The first kappa shape index (κ1) is 13.7. The summed E-state index contributed by atoms with van der Waals surface area (Å²) in [5.41, 5.74) is 6.02. The molecule has 2 aromatic carbocycles. The van der Waals surface area contributed by atoms with Crippen molar-refractivity contribution in [2.75, 3.05) is 11.1 Å². The van der Waals surface area contributed by atoms with Crippen LogP contribution < -0.4 is 11.1 Å². The van der Waals surface area contributed by atoms with Crippen LogP contribution in [0.15, 0.2) is 36.4 Å². The number of nitrogens with zero attached hydrogens (tertiary/aromatic N) is 1. The first-order valence-corrected chi connectivity index (χ1v) is 5.69. The third-order valence-electron chi connectivity index (χ3n) is 2.72. The summed E-state index contributed by atoms with van der Waals surface area (Å²) in [4.78, 5) is 10.3. The lowest BCUT2D eigenvalue weighted by atomic mass is 10.2. The molecule has 0 heterocycles. The number of rotatable bonds is 4. The molecule has 0 saturated heterocycles. The molecule has 7 heteroatoms. The number of nitro benzene ring substituents is 1. The smallest absolute Gasteiger partial charge is 0.314 e. The van der Waals surface area contributed by atoms with Gasteiger partial charge in [0.1, 0.15) is 11.4 Å². The van der Waals surface area contributed by atoms with Crippen LogP contribution in [0.25, 0.3) is 0 Å². The zero-order chi connectivity index (χ0) is 14.7. The van der Waals surface area contributed by atoms with E-state index in [4.69, 9.17) is 5.73 Å². The standard InChI is InChI=1S/C13H11F2N3O2/c14-9-5-4-8(6-10(9)15)7-17-12-3-1-2-11(16)13(12)18(19)20/h1-6,17H,7,16H2. The highest BCUT2D eigenvalue weighted by molar-refractivity contribution is 5.74. The van der Waals surface area contributed by atoms with Gasteiger partial charge in [-0.1, -0.05) is 12.1 Å². The van der Waals surface area contributed by atoms with E-state index in [9.17, 15) is 18.9 Å². The fraction of sp³-hybridized carbons (Fsp3) is 0.0769. The van der Waals surface area contributed by atoms with Crippen LogP contribution in [0.2, 0.25) is 0 Å². The minimum absolute atomic E-state index is 0.0327. The lowest BCUT2D eigenvalue weighted by Gasteiger charge is -2.08. The second kappa shape index (κ2) is 5.52. The van der Waals surface area contributed by atoms with Crippen molar-refractivity contribution in [2.45, 2.75) is 6.54 Å². The normalized spacial score (nSPS) is 10.3. The van der Waals surface area contributed by atoms with Crippen LogP contribution >= 0.6 is 0 Å². The van der Waals surface area contributed by atoms with Crippen molar-refractivity contribution in [3.05, 3.63) is 63.7 Å². The van der Waals surface area contributed by atoms with Crippen molar-refractivity contribution in [3.63, 3.8) is 0 Å². The van der Waals surface area contributed by atoms with Crippen molar-refractivity contribution in [3.8, 4) is 0 Å². The average molecular weight is 279 g/mol. The van der Waals surface area contributed by atoms with Gasteiger partial charge in [-0.3, -0.25) is 10.1 Å². The molecule has 0 saturated carbocycles. The van der Waals surface area contributed by atoms with Gasteiger partial charge in [0.15, 0.2) is 11.6 Å². The molecule has 0 spiro atoms. The molecule has 2 rings (SSSR count). The number of halogens is 2. The molecule has 3 N–H and O–H groups in total. The quantitative estimate of drug-likeness (QED) is 0.512. The first-order valence-electron chi connectivity index (χ1n) is 5.69. The SMILES string of the molecule is Nc1cccc(NCc2ccc(F)c(F)c2)c1[N+](=O)[O-]. The van der Waals surface area contributed by atoms with Crippen molar-refractivity contribution < 1.29 is 13.7 Å². The Morgan fingerprint density at radius 3 is 2.60 bits per heavy atom. The minimum Gasteiger partial charge on any atom is -0.393 e. The van der Waals surface area contributed by atoms with Crippen LogP contribution in [-0.4, -0.2) is 4.92 Å². The lowest BCUT2D eigenvalue weighted by Crippen LogP contribution is -2.05. The number of nitrogens with two attached hydrogens (primary N) is 1. The molecule has 0 atom stereocenters. The van der Waals surface area contributed by atoms with Gasteiger partial charge in [-0.05, 0) is 29.8 Å². The third kappa shape index (κ3) is 2.82. The molecular weight excluding hydrogens is 268 g/mol. The number of nitrogens with one attached hydrogen (secondary N) is 1. The Bertz CT molecular complexity index is 662. The predicted octanol–water partition coefficient (Wildman–Crippen LogP) is 3.07. The highest BCUT2D eigenvalue weighted by Crippen LogP contribution is 2.30. The van der Waals surface area contributed by atoms with Gasteiger partial charge in [0.05, 0.1) is 4.92 Å². The van der Waals surface area contributed by atoms with Crippen LogP contribution in [0.3, 0.4) is 0 Å². The number of nitrogen functional groups attached to an aromatic ring is 1. The van der Waals surface area contributed by atoms with Crippen molar-refractivity contribution in [1.82, 2.24) is 0 Å². The zero-order valence-corrected chi connectivity index (χ0v) is 10.3. The summed E-state index contributed by atoms with van der Waals surface area (Å²) < 4.78 is 25.8. The molecule has 20 heavy (non-hydrogen) atoms. The lowest BCUT2D eigenvalue weighted by molar-refractivity contribution is -0.383. The van der Waals surface area contributed by atoms with Gasteiger partial charge in [-0.2, -0.15) is 0 Å². The Kier molecular flexibility index (Phi) is 3.79. The van der Waals surface area contributed by atoms with Crippen molar-refractivity contribution in [1.29, 1.82) is 0 Å². The molecule has 0 amide bonds. The molecule has 104 valence electrons. The summed E-state index contributed by atoms with van der Waals surface area (Å²) in [5.74, 6) is -1.91. The van der Waals surface area contributed by atoms with Gasteiger partial charge in [-0.15, -0.1) is 0 Å². The van der Waals surface area contributed by atoms with Crippen LogP contribution in [0.1, 0.15) is 5.56 Å². The van der Waals surface area contributed by atoms with Gasteiger partial charge >= 0.3 is 5.69 Å². The van der Waals surface area contributed by atoms with E-state index in [2.05, 4.69) is 5.32 Å². The number of hydrogen-bond donors (Lipinski definition) is 2. The third-order valence-corrected chi connectivity index (χ3v) is 2.72. The Morgan fingerprint density at radius 2 is 1.95 bits per heavy atom. The molecule has 0 aromatic heterocycles. The van der Waals surface area contributed by atoms with Crippen LogP contribution in [0, 0.1) is 21.7 Å². The van der Waals surface area contributed by atoms with Gasteiger partial charge < -0.3 is 11.1 Å². The molecular formula is C13H11F2N3O2. The Balaban J connectivity index is 2.21.